The molecule has 0 bridgehead atoms. The number of aromatic nitrogens is 1. The molecule has 92 valence electrons. The van der Waals surface area contributed by atoms with Crippen molar-refractivity contribution in [1.29, 1.82) is 0 Å². The predicted octanol–water partition coefficient (Wildman–Crippen LogP) is 4.17. The molecule has 1 aromatic heterocycles. The summed E-state index contributed by atoms with van der Waals surface area (Å²) in [7, 11) is 0. The van der Waals surface area contributed by atoms with Gasteiger partial charge in [0.1, 0.15) is 10.3 Å². The summed E-state index contributed by atoms with van der Waals surface area (Å²) in [5.74, 6) is -0.225. The molecule has 0 radical (unpaired) electrons. The fraction of sp³-hybridized carbons (Fsp3) is 0.0769. The van der Waals surface area contributed by atoms with Crippen molar-refractivity contribution in [1.82, 2.24) is 4.98 Å². The van der Waals surface area contributed by atoms with Gasteiger partial charge in [-0.25, -0.2) is 4.98 Å². The van der Waals surface area contributed by atoms with Crippen LogP contribution in [0.3, 0.4) is 0 Å². The number of rotatable bonds is 2. The monoisotopic (exact) mass is 368 g/mol. The maximum Gasteiger partial charge on any atom is 0.274 e. The molecule has 0 atom stereocenters. The Morgan fingerprint density at radius 3 is 2.72 bits per heavy atom. The lowest BCUT2D eigenvalue weighted by Gasteiger charge is -2.08. The first-order valence-corrected chi connectivity index (χ1v) is 6.85. The number of anilines is 1. The molecule has 3 nitrogen and oxygen atoms in total. The van der Waals surface area contributed by atoms with Crippen molar-refractivity contribution in [3.63, 3.8) is 0 Å². The van der Waals surface area contributed by atoms with E-state index in [1.165, 1.54) is 0 Å². The number of halogens is 2. The molecule has 0 unspecified atom stereocenters. The van der Waals surface area contributed by atoms with Crippen LogP contribution in [0.1, 0.15) is 16.1 Å². The zero-order valence-electron chi connectivity index (χ0n) is 9.58. The lowest BCUT2D eigenvalue weighted by Crippen LogP contribution is -2.14. The first-order chi connectivity index (χ1) is 8.56. The molecule has 0 aliphatic carbocycles. The normalized spacial score (nSPS) is 10.2. The Morgan fingerprint density at radius 1 is 1.22 bits per heavy atom. The molecule has 0 fully saturated rings. The van der Waals surface area contributed by atoms with Crippen LogP contribution in [0.5, 0.6) is 0 Å². The highest BCUT2D eigenvalue weighted by Gasteiger charge is 2.09. The third-order valence-corrected chi connectivity index (χ3v) is 3.33. The van der Waals surface area contributed by atoms with Crippen LogP contribution in [-0.2, 0) is 0 Å². The van der Waals surface area contributed by atoms with Crippen LogP contribution in [0.2, 0.25) is 0 Å². The van der Waals surface area contributed by atoms with Gasteiger partial charge in [0.15, 0.2) is 0 Å². The van der Waals surface area contributed by atoms with E-state index in [1.54, 1.807) is 18.2 Å². The van der Waals surface area contributed by atoms with Crippen LogP contribution in [0.25, 0.3) is 0 Å². The van der Waals surface area contributed by atoms with Crippen molar-refractivity contribution < 1.29 is 4.79 Å². The highest BCUT2D eigenvalue weighted by Crippen LogP contribution is 2.21. The van der Waals surface area contributed by atoms with Gasteiger partial charge in [0, 0.05) is 10.2 Å². The Kier molecular flexibility index (Phi) is 4.14. The minimum atomic E-state index is -0.225. The maximum absolute atomic E-state index is 12.0. The second-order valence-electron chi connectivity index (χ2n) is 3.76. The lowest BCUT2D eigenvalue weighted by molar-refractivity contribution is 0.102. The number of carbonyl (C=O) groups is 1. The first kappa shape index (κ1) is 13.2. The number of amides is 1. The van der Waals surface area contributed by atoms with E-state index in [9.17, 15) is 4.79 Å². The van der Waals surface area contributed by atoms with Gasteiger partial charge in [-0.05, 0) is 52.7 Å². The number of carbonyl (C=O) groups excluding carboxylic acids is 1. The molecule has 2 rings (SSSR count). The van der Waals surface area contributed by atoms with Gasteiger partial charge in [-0.2, -0.15) is 0 Å². The molecule has 0 saturated heterocycles. The van der Waals surface area contributed by atoms with Gasteiger partial charge < -0.3 is 5.32 Å². The van der Waals surface area contributed by atoms with Gasteiger partial charge in [-0.1, -0.05) is 28.1 Å². The number of aryl methyl sites for hydroxylation is 1. The van der Waals surface area contributed by atoms with Gasteiger partial charge >= 0.3 is 0 Å². The Bertz CT molecular complexity index is 599. The van der Waals surface area contributed by atoms with Crippen LogP contribution in [0, 0.1) is 6.92 Å². The third kappa shape index (κ3) is 3.17. The van der Waals surface area contributed by atoms with Gasteiger partial charge in [0.05, 0.1) is 0 Å². The number of nitrogens with zero attached hydrogens (tertiary/aromatic N) is 1. The van der Waals surface area contributed by atoms with Crippen LogP contribution in [0.4, 0.5) is 5.69 Å². The Labute approximate surface area is 122 Å². The molecule has 0 saturated carbocycles. The standard InChI is InChI=1S/C13H10Br2N2O/c1-8-5-6-9(14)7-11(8)17-13(18)10-3-2-4-12(15)16-10/h2-7H,1H3,(H,17,18). The average Bonchev–Trinajstić information content (AvgIpc) is 2.34. The Balaban J connectivity index is 2.24. The second-order valence-corrected chi connectivity index (χ2v) is 5.49. The van der Waals surface area contributed by atoms with Crippen LogP contribution in [-0.4, -0.2) is 10.9 Å². The molecule has 1 amide bonds. The van der Waals surface area contributed by atoms with E-state index in [2.05, 4.69) is 42.2 Å². The van der Waals surface area contributed by atoms with Gasteiger partial charge in [0.25, 0.3) is 5.91 Å². The molecule has 1 N–H and O–H groups in total. The number of nitrogens with one attached hydrogen (secondary N) is 1. The fourth-order valence-electron chi connectivity index (χ4n) is 1.45. The SMILES string of the molecule is Cc1ccc(Br)cc1NC(=O)c1cccc(Br)n1. The van der Waals surface area contributed by atoms with E-state index in [1.807, 2.05) is 25.1 Å². The predicted molar refractivity (Wildman–Crippen MR) is 78.8 cm³/mol. The van der Waals surface area contributed by atoms with Crippen molar-refractivity contribution in [3.8, 4) is 0 Å². The number of benzene rings is 1. The smallest absolute Gasteiger partial charge is 0.274 e. The molecular weight excluding hydrogens is 360 g/mol. The molecule has 1 aromatic carbocycles. The van der Waals surface area contributed by atoms with Crippen molar-refractivity contribution in [2.45, 2.75) is 6.92 Å². The first-order valence-electron chi connectivity index (χ1n) is 5.26. The highest BCUT2D eigenvalue weighted by atomic mass is 79.9. The number of hydrogen-bond donors (Lipinski definition) is 1. The highest BCUT2D eigenvalue weighted by molar-refractivity contribution is 9.10. The Hall–Kier alpha value is -1.20. The minimum Gasteiger partial charge on any atom is -0.320 e. The van der Waals surface area contributed by atoms with E-state index in [-0.39, 0.29) is 5.91 Å². The van der Waals surface area contributed by atoms with E-state index < -0.39 is 0 Å². The van der Waals surface area contributed by atoms with Gasteiger partial charge in [-0.15, -0.1) is 0 Å². The molecular formula is C13H10Br2N2O. The zero-order chi connectivity index (χ0) is 13.1. The molecule has 0 spiro atoms. The zero-order valence-corrected chi connectivity index (χ0v) is 12.7. The summed E-state index contributed by atoms with van der Waals surface area (Å²) in [6, 6.07) is 11.0. The maximum atomic E-state index is 12.0. The van der Waals surface area contributed by atoms with Gasteiger partial charge in [0.2, 0.25) is 0 Å². The minimum absolute atomic E-state index is 0.225. The Morgan fingerprint density at radius 2 is 2.00 bits per heavy atom. The number of hydrogen-bond acceptors (Lipinski definition) is 2. The largest absolute Gasteiger partial charge is 0.320 e. The van der Waals surface area contributed by atoms with Crippen LogP contribution in [0.15, 0.2) is 45.5 Å². The van der Waals surface area contributed by atoms with E-state index >= 15 is 0 Å². The topological polar surface area (TPSA) is 42.0 Å². The van der Waals surface area contributed by atoms with E-state index in [0.717, 1.165) is 15.7 Å². The molecule has 1 heterocycles. The summed E-state index contributed by atoms with van der Waals surface area (Å²) in [5, 5.41) is 2.84. The van der Waals surface area contributed by atoms with Crippen molar-refractivity contribution >= 4 is 43.5 Å². The summed E-state index contributed by atoms with van der Waals surface area (Å²) in [6.45, 7) is 1.94. The van der Waals surface area contributed by atoms with Crippen molar-refractivity contribution in [3.05, 3.63) is 56.7 Å². The van der Waals surface area contributed by atoms with Crippen molar-refractivity contribution in [2.24, 2.45) is 0 Å². The number of pyridine rings is 1. The van der Waals surface area contributed by atoms with Crippen molar-refractivity contribution in [2.75, 3.05) is 5.32 Å². The average molecular weight is 370 g/mol. The van der Waals surface area contributed by atoms with Gasteiger partial charge in [-0.3, -0.25) is 4.79 Å². The molecule has 0 aliphatic heterocycles. The summed E-state index contributed by atoms with van der Waals surface area (Å²) in [5.41, 5.74) is 2.15. The summed E-state index contributed by atoms with van der Waals surface area (Å²) >= 11 is 6.62. The fourth-order valence-corrected chi connectivity index (χ4v) is 2.15. The van der Waals surface area contributed by atoms with E-state index in [0.29, 0.717) is 10.3 Å². The quantitative estimate of drug-likeness (QED) is 0.807. The lowest BCUT2D eigenvalue weighted by atomic mass is 10.2. The summed E-state index contributed by atoms with van der Waals surface area (Å²) in [4.78, 5) is 16.1. The molecule has 2 aromatic rings. The molecule has 5 heteroatoms. The molecule has 18 heavy (non-hydrogen) atoms. The third-order valence-electron chi connectivity index (χ3n) is 2.40. The molecule has 0 aliphatic rings. The summed E-state index contributed by atoms with van der Waals surface area (Å²) < 4.78 is 1.56. The van der Waals surface area contributed by atoms with E-state index in [4.69, 9.17) is 0 Å². The van der Waals surface area contributed by atoms with Crippen LogP contribution < -0.4 is 5.32 Å². The summed E-state index contributed by atoms with van der Waals surface area (Å²) in [6.07, 6.45) is 0. The van der Waals surface area contributed by atoms with Crippen LogP contribution >= 0.6 is 31.9 Å². The second kappa shape index (κ2) is 5.63.